The van der Waals surface area contributed by atoms with E-state index in [-0.39, 0.29) is 17.7 Å². The van der Waals surface area contributed by atoms with Gasteiger partial charge in [-0.15, -0.1) is 0 Å². The second kappa shape index (κ2) is 10.0. The van der Waals surface area contributed by atoms with Gasteiger partial charge in [0.25, 0.3) is 5.91 Å². The summed E-state index contributed by atoms with van der Waals surface area (Å²) in [6, 6.07) is 0.456. The summed E-state index contributed by atoms with van der Waals surface area (Å²) in [4.78, 5) is 29.4. The van der Waals surface area contributed by atoms with Gasteiger partial charge < -0.3 is 15.0 Å². The number of nitrogens with zero attached hydrogens (tertiary/aromatic N) is 4. The molecule has 8 heteroatoms. The van der Waals surface area contributed by atoms with Gasteiger partial charge in [-0.3, -0.25) is 19.2 Å². The van der Waals surface area contributed by atoms with E-state index in [4.69, 9.17) is 4.74 Å². The number of aryl methyl sites for hydroxylation is 1. The maximum atomic E-state index is 12.7. The van der Waals surface area contributed by atoms with E-state index < -0.39 is 0 Å². The van der Waals surface area contributed by atoms with Crippen LogP contribution in [0, 0.1) is 5.92 Å². The van der Waals surface area contributed by atoms with Gasteiger partial charge in [-0.1, -0.05) is 0 Å². The van der Waals surface area contributed by atoms with Gasteiger partial charge in [-0.25, -0.2) is 0 Å². The fourth-order valence-electron chi connectivity index (χ4n) is 4.24. The molecule has 0 saturated carbocycles. The van der Waals surface area contributed by atoms with Gasteiger partial charge in [0.15, 0.2) is 0 Å². The van der Waals surface area contributed by atoms with E-state index in [2.05, 4.69) is 15.3 Å². The second-order valence-electron chi connectivity index (χ2n) is 7.73. The average Bonchev–Trinajstić information content (AvgIpc) is 3.23. The van der Waals surface area contributed by atoms with Crippen LogP contribution in [0.15, 0.2) is 12.4 Å². The first-order chi connectivity index (χ1) is 13.6. The first-order valence-electron chi connectivity index (χ1n) is 10.4. The molecule has 2 fully saturated rings. The first-order valence-corrected chi connectivity index (χ1v) is 10.4. The lowest BCUT2D eigenvalue weighted by Gasteiger charge is -2.42. The SMILES string of the molecule is CCn1cc(C(=O)N2CCC(N3CCC[C@@H](C(=O)NCCOC)C3)CC2)cn1. The molecule has 0 unspecified atom stereocenters. The Morgan fingerprint density at radius 2 is 2.04 bits per heavy atom. The monoisotopic (exact) mass is 391 g/mol. The van der Waals surface area contributed by atoms with E-state index in [0.717, 1.165) is 58.4 Å². The van der Waals surface area contributed by atoms with Crippen LogP contribution in [-0.4, -0.2) is 83.9 Å². The van der Waals surface area contributed by atoms with E-state index >= 15 is 0 Å². The molecular formula is C20H33N5O3. The zero-order valence-corrected chi connectivity index (χ0v) is 17.1. The van der Waals surface area contributed by atoms with Crippen LogP contribution < -0.4 is 5.32 Å². The summed E-state index contributed by atoms with van der Waals surface area (Å²) in [7, 11) is 1.64. The van der Waals surface area contributed by atoms with Gasteiger partial charge in [0.05, 0.1) is 24.3 Å². The Morgan fingerprint density at radius 3 is 2.71 bits per heavy atom. The van der Waals surface area contributed by atoms with Crippen LogP contribution in [0.25, 0.3) is 0 Å². The highest BCUT2D eigenvalue weighted by Gasteiger charge is 2.32. The number of likely N-dealkylation sites (tertiary alicyclic amines) is 2. The Balaban J connectivity index is 1.47. The van der Waals surface area contributed by atoms with Crippen LogP contribution >= 0.6 is 0 Å². The van der Waals surface area contributed by atoms with Crippen molar-refractivity contribution in [2.45, 2.75) is 45.2 Å². The Morgan fingerprint density at radius 1 is 1.25 bits per heavy atom. The van der Waals surface area contributed by atoms with Crippen LogP contribution in [0.4, 0.5) is 0 Å². The molecule has 1 aromatic heterocycles. The molecule has 0 aliphatic carbocycles. The minimum atomic E-state index is 0.0603. The van der Waals surface area contributed by atoms with E-state index in [0.29, 0.717) is 24.8 Å². The number of amides is 2. The molecule has 28 heavy (non-hydrogen) atoms. The minimum absolute atomic E-state index is 0.0603. The number of hydrogen-bond donors (Lipinski definition) is 1. The number of rotatable bonds is 7. The number of ether oxygens (including phenoxy) is 1. The van der Waals surface area contributed by atoms with Crippen LogP contribution in [0.1, 0.15) is 43.0 Å². The molecule has 2 amide bonds. The molecule has 2 saturated heterocycles. The van der Waals surface area contributed by atoms with E-state index in [1.165, 1.54) is 0 Å². The number of aromatic nitrogens is 2. The molecular weight excluding hydrogens is 358 g/mol. The van der Waals surface area contributed by atoms with Crippen LogP contribution in [0.3, 0.4) is 0 Å². The molecule has 1 atom stereocenters. The zero-order chi connectivity index (χ0) is 19.9. The number of nitrogens with one attached hydrogen (secondary N) is 1. The predicted molar refractivity (Wildman–Crippen MR) is 106 cm³/mol. The molecule has 2 aliphatic heterocycles. The number of methoxy groups -OCH3 is 1. The normalized spacial score (nSPS) is 21.6. The molecule has 0 aromatic carbocycles. The highest BCUT2D eigenvalue weighted by Crippen LogP contribution is 2.24. The van der Waals surface area contributed by atoms with Crippen molar-refractivity contribution in [2.24, 2.45) is 5.92 Å². The van der Waals surface area contributed by atoms with Crippen molar-refractivity contribution in [3.63, 3.8) is 0 Å². The summed E-state index contributed by atoms with van der Waals surface area (Å²) in [6.45, 7) is 7.29. The fraction of sp³-hybridized carbons (Fsp3) is 0.750. The minimum Gasteiger partial charge on any atom is -0.383 e. The smallest absolute Gasteiger partial charge is 0.257 e. The third-order valence-corrected chi connectivity index (χ3v) is 5.90. The van der Waals surface area contributed by atoms with Crippen LogP contribution in [-0.2, 0) is 16.1 Å². The van der Waals surface area contributed by atoms with Crippen LogP contribution in [0.2, 0.25) is 0 Å². The Hall–Kier alpha value is -1.93. The molecule has 0 bridgehead atoms. The number of carbonyl (C=O) groups is 2. The second-order valence-corrected chi connectivity index (χ2v) is 7.73. The topological polar surface area (TPSA) is 79.7 Å². The van der Waals surface area contributed by atoms with Crippen molar-refractivity contribution in [3.05, 3.63) is 18.0 Å². The van der Waals surface area contributed by atoms with Crippen molar-refractivity contribution < 1.29 is 14.3 Å². The lowest BCUT2D eigenvalue weighted by atomic mass is 9.93. The Kier molecular flexibility index (Phi) is 7.44. The fourth-order valence-corrected chi connectivity index (χ4v) is 4.24. The zero-order valence-electron chi connectivity index (χ0n) is 17.1. The van der Waals surface area contributed by atoms with Gasteiger partial charge in [0, 0.05) is 52.1 Å². The van der Waals surface area contributed by atoms with Gasteiger partial charge in [-0.05, 0) is 39.2 Å². The largest absolute Gasteiger partial charge is 0.383 e. The maximum Gasteiger partial charge on any atom is 0.257 e. The summed E-state index contributed by atoms with van der Waals surface area (Å²) in [5.41, 5.74) is 0.672. The van der Waals surface area contributed by atoms with Crippen molar-refractivity contribution in [1.82, 2.24) is 24.9 Å². The predicted octanol–water partition coefficient (Wildman–Crippen LogP) is 0.982. The first kappa shape index (κ1) is 20.8. The Bertz CT molecular complexity index is 654. The van der Waals surface area contributed by atoms with Crippen molar-refractivity contribution in [1.29, 1.82) is 0 Å². The van der Waals surface area contributed by atoms with E-state index in [1.807, 2.05) is 18.0 Å². The van der Waals surface area contributed by atoms with Gasteiger partial charge in [-0.2, -0.15) is 5.10 Å². The molecule has 8 nitrogen and oxygen atoms in total. The molecule has 1 N–H and O–H groups in total. The third kappa shape index (κ3) is 5.11. The summed E-state index contributed by atoms with van der Waals surface area (Å²) in [5, 5.41) is 7.18. The molecule has 3 rings (SSSR count). The van der Waals surface area contributed by atoms with Gasteiger partial charge in [0.1, 0.15) is 0 Å². The number of carbonyl (C=O) groups excluding carboxylic acids is 2. The highest BCUT2D eigenvalue weighted by molar-refractivity contribution is 5.93. The van der Waals surface area contributed by atoms with E-state index in [9.17, 15) is 9.59 Å². The third-order valence-electron chi connectivity index (χ3n) is 5.90. The molecule has 1 aromatic rings. The molecule has 0 radical (unpaired) electrons. The summed E-state index contributed by atoms with van der Waals surface area (Å²) >= 11 is 0. The molecule has 0 spiro atoms. The summed E-state index contributed by atoms with van der Waals surface area (Å²) in [6.07, 6.45) is 7.42. The average molecular weight is 392 g/mol. The Labute approximate surface area is 167 Å². The van der Waals surface area contributed by atoms with Crippen molar-refractivity contribution >= 4 is 11.8 Å². The molecule has 156 valence electrons. The number of hydrogen-bond acceptors (Lipinski definition) is 5. The van der Waals surface area contributed by atoms with Gasteiger partial charge in [0.2, 0.25) is 5.91 Å². The summed E-state index contributed by atoms with van der Waals surface area (Å²) < 4.78 is 6.79. The van der Waals surface area contributed by atoms with Gasteiger partial charge >= 0.3 is 0 Å². The van der Waals surface area contributed by atoms with E-state index in [1.54, 1.807) is 18.0 Å². The standard InChI is InChI=1S/C20H33N5O3/c1-3-25-15-17(13-22-25)20(27)23-10-6-18(7-11-23)24-9-4-5-16(14-24)19(26)21-8-12-28-2/h13,15-16,18H,3-12,14H2,1-2H3,(H,21,26)/t16-/m1/s1. The van der Waals surface area contributed by atoms with Crippen molar-refractivity contribution in [3.8, 4) is 0 Å². The van der Waals surface area contributed by atoms with Crippen LogP contribution in [0.5, 0.6) is 0 Å². The maximum absolute atomic E-state index is 12.7. The highest BCUT2D eigenvalue weighted by atomic mass is 16.5. The molecule has 3 heterocycles. The lowest BCUT2D eigenvalue weighted by Crippen LogP contribution is -2.51. The summed E-state index contributed by atoms with van der Waals surface area (Å²) in [5.74, 6) is 0.277. The quantitative estimate of drug-likeness (QED) is 0.701. The number of piperidine rings is 2. The van der Waals surface area contributed by atoms with Crippen molar-refractivity contribution in [2.75, 3.05) is 46.4 Å². The molecule has 2 aliphatic rings. The lowest BCUT2D eigenvalue weighted by molar-refractivity contribution is -0.127.